The van der Waals surface area contributed by atoms with E-state index < -0.39 is 11.8 Å². The van der Waals surface area contributed by atoms with Crippen molar-refractivity contribution in [1.29, 1.82) is 0 Å². The largest absolute Gasteiger partial charge is 0.490 e. The maximum absolute atomic E-state index is 12.5. The topological polar surface area (TPSA) is 127 Å². The van der Waals surface area contributed by atoms with Crippen molar-refractivity contribution in [3.63, 3.8) is 0 Å². The zero-order valence-corrected chi connectivity index (χ0v) is 23.2. The summed E-state index contributed by atoms with van der Waals surface area (Å²) in [6, 6.07) is 9.15. The molecule has 2 aromatic rings. The van der Waals surface area contributed by atoms with Crippen LogP contribution in [0.3, 0.4) is 0 Å². The van der Waals surface area contributed by atoms with Gasteiger partial charge >= 0.3 is 11.8 Å². The van der Waals surface area contributed by atoms with Crippen LogP contribution in [-0.4, -0.2) is 56.4 Å². The minimum absolute atomic E-state index is 0.0576. The van der Waals surface area contributed by atoms with E-state index >= 15 is 0 Å². The van der Waals surface area contributed by atoms with Crippen molar-refractivity contribution in [2.45, 2.75) is 39.7 Å². The van der Waals surface area contributed by atoms with E-state index in [1.165, 1.54) is 6.21 Å². The molecule has 1 aliphatic heterocycles. The zero-order chi connectivity index (χ0) is 26.8. The highest BCUT2D eigenvalue weighted by molar-refractivity contribution is 14.1. The normalized spacial score (nSPS) is 14.9. The number of ether oxygens (including phenoxy) is 3. The molecule has 1 aliphatic rings. The molecule has 198 valence electrons. The summed E-state index contributed by atoms with van der Waals surface area (Å²) >= 11 is 2.07. The Bertz CT molecular complexity index is 1160. The second kappa shape index (κ2) is 13.9. The molecule has 10 nitrogen and oxygen atoms in total. The third-order valence-corrected chi connectivity index (χ3v) is 6.46. The summed E-state index contributed by atoms with van der Waals surface area (Å²) in [7, 11) is 0. The molecule has 0 radical (unpaired) electrons. The van der Waals surface area contributed by atoms with Crippen LogP contribution in [0.5, 0.6) is 11.5 Å². The fraction of sp³-hybridized carbons (Fsp3) is 0.385. The summed E-state index contributed by atoms with van der Waals surface area (Å²) in [4.78, 5) is 36.4. The monoisotopic (exact) mass is 622 g/mol. The van der Waals surface area contributed by atoms with Gasteiger partial charge in [0.05, 0.1) is 22.5 Å². The van der Waals surface area contributed by atoms with Crippen molar-refractivity contribution in [1.82, 2.24) is 10.7 Å². The Kier molecular flexibility index (Phi) is 10.7. The number of halogens is 1. The number of hydrogen-bond donors (Lipinski definition) is 3. The van der Waals surface area contributed by atoms with Gasteiger partial charge in [-0.2, -0.15) is 5.10 Å². The third-order valence-electron chi connectivity index (χ3n) is 5.66. The minimum Gasteiger partial charge on any atom is -0.490 e. The standard InChI is InChI=1S/C26H31IN4O6/c1-4-35-22-12-18(13-29-31-26(34)25(33)28-14-19-8-6-10-36-19)11-20(27)24(22)37-15-23(32)30-21-9-5-7-16(2)17(21)3/h5,7,9,11-13,19H,4,6,8,10,14-15H2,1-3H3,(H,28,33)(H,30,32)(H,31,34)/b29-13-/t19-/m0/s1. The van der Waals surface area contributed by atoms with Crippen LogP contribution in [0.25, 0.3) is 0 Å². The highest BCUT2D eigenvalue weighted by atomic mass is 127. The molecule has 1 atom stereocenters. The summed E-state index contributed by atoms with van der Waals surface area (Å²) in [5.74, 6) is -1.09. The molecule has 1 saturated heterocycles. The summed E-state index contributed by atoms with van der Waals surface area (Å²) in [5.41, 5.74) is 5.64. The molecule has 3 rings (SSSR count). The van der Waals surface area contributed by atoms with Crippen molar-refractivity contribution in [2.75, 3.05) is 31.7 Å². The number of anilines is 1. The van der Waals surface area contributed by atoms with E-state index in [0.29, 0.717) is 33.8 Å². The first kappa shape index (κ1) is 28.4. The van der Waals surface area contributed by atoms with Crippen LogP contribution in [0.2, 0.25) is 0 Å². The third kappa shape index (κ3) is 8.42. The average Bonchev–Trinajstić information content (AvgIpc) is 3.39. The fourth-order valence-corrected chi connectivity index (χ4v) is 4.37. The molecule has 0 spiro atoms. The fourth-order valence-electron chi connectivity index (χ4n) is 3.58. The first-order chi connectivity index (χ1) is 17.8. The molecule has 3 N–H and O–H groups in total. The van der Waals surface area contributed by atoms with Crippen molar-refractivity contribution in [2.24, 2.45) is 5.10 Å². The molecule has 0 bridgehead atoms. The van der Waals surface area contributed by atoms with E-state index in [0.717, 1.165) is 29.7 Å². The number of amides is 3. The van der Waals surface area contributed by atoms with Gasteiger partial charge in [0, 0.05) is 18.8 Å². The lowest BCUT2D eigenvalue weighted by molar-refractivity contribution is -0.139. The molecular formula is C26H31IN4O6. The van der Waals surface area contributed by atoms with E-state index in [4.69, 9.17) is 14.2 Å². The lowest BCUT2D eigenvalue weighted by atomic mass is 10.1. The van der Waals surface area contributed by atoms with Crippen molar-refractivity contribution < 1.29 is 28.6 Å². The number of hydrogen-bond acceptors (Lipinski definition) is 7. The molecule has 1 fully saturated rings. The molecule has 0 aromatic heterocycles. The Hall–Kier alpha value is -3.19. The van der Waals surface area contributed by atoms with E-state index in [1.54, 1.807) is 12.1 Å². The summed E-state index contributed by atoms with van der Waals surface area (Å²) in [6.45, 7) is 6.90. The Morgan fingerprint density at radius 1 is 1.19 bits per heavy atom. The Morgan fingerprint density at radius 3 is 2.73 bits per heavy atom. The van der Waals surface area contributed by atoms with Gasteiger partial charge in [0.1, 0.15) is 0 Å². The molecule has 0 unspecified atom stereocenters. The predicted molar refractivity (Wildman–Crippen MR) is 148 cm³/mol. The first-order valence-electron chi connectivity index (χ1n) is 12.0. The summed E-state index contributed by atoms with van der Waals surface area (Å²) in [5, 5.41) is 9.28. The molecular weight excluding hydrogens is 591 g/mol. The number of carbonyl (C=O) groups excluding carboxylic acids is 3. The number of carbonyl (C=O) groups is 3. The van der Waals surface area contributed by atoms with Crippen LogP contribution in [0.1, 0.15) is 36.5 Å². The maximum atomic E-state index is 12.5. The molecule has 0 saturated carbocycles. The van der Waals surface area contributed by atoms with Crippen LogP contribution in [0.4, 0.5) is 5.69 Å². The van der Waals surface area contributed by atoms with Gasteiger partial charge in [-0.3, -0.25) is 14.4 Å². The number of nitrogens with one attached hydrogen (secondary N) is 3. The smallest absolute Gasteiger partial charge is 0.329 e. The second-order valence-electron chi connectivity index (χ2n) is 8.39. The highest BCUT2D eigenvalue weighted by Gasteiger charge is 2.19. The van der Waals surface area contributed by atoms with Gasteiger partial charge in [-0.05, 0) is 91.1 Å². The van der Waals surface area contributed by atoms with Gasteiger partial charge in [-0.1, -0.05) is 12.1 Å². The highest BCUT2D eigenvalue weighted by Crippen LogP contribution is 2.34. The Morgan fingerprint density at radius 2 is 2.00 bits per heavy atom. The van der Waals surface area contributed by atoms with E-state index in [1.807, 2.05) is 39.0 Å². The lowest BCUT2D eigenvalue weighted by Crippen LogP contribution is -2.41. The lowest BCUT2D eigenvalue weighted by Gasteiger charge is -2.15. The number of aryl methyl sites for hydroxylation is 1. The zero-order valence-electron chi connectivity index (χ0n) is 21.1. The van der Waals surface area contributed by atoms with Crippen LogP contribution >= 0.6 is 22.6 Å². The quantitative estimate of drug-likeness (QED) is 0.162. The first-order valence-corrected chi connectivity index (χ1v) is 13.0. The van der Waals surface area contributed by atoms with Crippen LogP contribution < -0.4 is 25.5 Å². The number of rotatable bonds is 10. The van der Waals surface area contributed by atoms with Crippen molar-refractivity contribution >= 4 is 52.2 Å². The van der Waals surface area contributed by atoms with Crippen LogP contribution in [0.15, 0.2) is 35.4 Å². The van der Waals surface area contributed by atoms with E-state index in [2.05, 4.69) is 43.8 Å². The maximum Gasteiger partial charge on any atom is 0.329 e. The summed E-state index contributed by atoms with van der Waals surface area (Å²) < 4.78 is 17.6. The minimum atomic E-state index is -0.871. The number of benzene rings is 2. The Labute approximate surface area is 229 Å². The van der Waals surface area contributed by atoms with Gasteiger partial charge in [-0.15, -0.1) is 0 Å². The van der Waals surface area contributed by atoms with Gasteiger partial charge in [-0.25, -0.2) is 5.43 Å². The van der Waals surface area contributed by atoms with Gasteiger partial charge in [0.15, 0.2) is 18.1 Å². The average molecular weight is 622 g/mol. The molecule has 37 heavy (non-hydrogen) atoms. The predicted octanol–water partition coefficient (Wildman–Crippen LogP) is 3.07. The van der Waals surface area contributed by atoms with E-state index in [9.17, 15) is 14.4 Å². The molecule has 3 amide bonds. The SMILES string of the molecule is CCOc1cc(/C=N\NC(=O)C(=O)NC[C@@H]2CCCO2)cc(I)c1OCC(=O)Nc1cccc(C)c1C. The molecule has 0 aliphatic carbocycles. The molecule has 1 heterocycles. The number of nitrogens with zero attached hydrogens (tertiary/aromatic N) is 1. The van der Waals surface area contributed by atoms with Gasteiger partial charge in [0.25, 0.3) is 5.91 Å². The molecule has 11 heteroatoms. The van der Waals surface area contributed by atoms with Gasteiger partial charge < -0.3 is 24.8 Å². The van der Waals surface area contributed by atoms with Crippen molar-refractivity contribution in [3.8, 4) is 11.5 Å². The summed E-state index contributed by atoms with van der Waals surface area (Å²) in [6.07, 6.45) is 3.15. The molecule has 2 aromatic carbocycles. The number of hydrazone groups is 1. The van der Waals surface area contributed by atoms with Crippen LogP contribution in [-0.2, 0) is 19.1 Å². The van der Waals surface area contributed by atoms with Crippen LogP contribution in [0, 0.1) is 17.4 Å². The second-order valence-corrected chi connectivity index (χ2v) is 9.55. The van der Waals surface area contributed by atoms with E-state index in [-0.39, 0.29) is 25.2 Å². The van der Waals surface area contributed by atoms with Gasteiger partial charge in [0.2, 0.25) is 0 Å². The van der Waals surface area contributed by atoms with Crippen molar-refractivity contribution in [3.05, 3.63) is 50.6 Å². The Balaban J connectivity index is 1.58.